The second-order valence-corrected chi connectivity index (χ2v) is 12.8. The molecule has 2 aromatic carbocycles. The van der Waals surface area contributed by atoms with Crippen molar-refractivity contribution in [2.45, 2.75) is 125 Å². The maximum Gasteiger partial charge on any atom is 0.283 e. The van der Waals surface area contributed by atoms with Crippen molar-refractivity contribution in [2.75, 3.05) is 0 Å². The highest BCUT2D eigenvalue weighted by Gasteiger charge is 2.24. The molecule has 5 rings (SSSR count). The fraction of sp³-hybridized carbons (Fsp3) is 0.588. The van der Waals surface area contributed by atoms with Crippen LogP contribution >= 0.6 is 15.9 Å². The Balaban J connectivity index is 0.000000251. The zero-order chi connectivity index (χ0) is 28.6. The molecule has 0 N–H and O–H groups in total. The van der Waals surface area contributed by atoms with Crippen molar-refractivity contribution >= 4 is 43.6 Å². The number of fused-ring (bicyclic) bond motifs is 5. The van der Waals surface area contributed by atoms with Gasteiger partial charge in [0.1, 0.15) is 0 Å². The van der Waals surface area contributed by atoms with Crippen LogP contribution in [0.15, 0.2) is 45.7 Å². The molecule has 1 saturated carbocycles. The number of nitrogens with zero attached hydrogens (tertiary/aromatic N) is 3. The van der Waals surface area contributed by atoms with E-state index in [1.165, 1.54) is 68.9 Å². The highest BCUT2D eigenvalue weighted by molar-refractivity contribution is 9.10. The summed E-state index contributed by atoms with van der Waals surface area (Å²) in [4.78, 5) is 17.3. The highest BCUT2D eigenvalue weighted by Crippen LogP contribution is 2.36. The molecule has 0 atom stereocenters. The van der Waals surface area contributed by atoms with Gasteiger partial charge in [0, 0.05) is 10.5 Å². The molecule has 0 bridgehead atoms. The summed E-state index contributed by atoms with van der Waals surface area (Å²) in [5, 5.41) is 0.644. The largest absolute Gasteiger partial charge is 0.306 e. The summed E-state index contributed by atoms with van der Waals surface area (Å²) in [6, 6.07) is 12.8. The zero-order valence-electron chi connectivity index (χ0n) is 25.4. The monoisotopic (exact) mass is 595 g/mol. The van der Waals surface area contributed by atoms with E-state index < -0.39 is 0 Å². The number of hydrogen-bond acceptors (Lipinski definition) is 2. The molecular weight excluding hydrogens is 546 g/mol. The molecule has 39 heavy (non-hydrogen) atoms. The maximum absolute atomic E-state index is 12.8. The van der Waals surface area contributed by atoms with Crippen LogP contribution in [-0.4, -0.2) is 14.0 Å². The lowest BCUT2D eigenvalue weighted by Crippen LogP contribution is -2.14. The average molecular weight is 597 g/mol. The number of benzene rings is 2. The topological polar surface area (TPSA) is 39.3 Å². The van der Waals surface area contributed by atoms with E-state index >= 15 is 0 Å². The minimum absolute atomic E-state index is 0.166. The maximum atomic E-state index is 12.8. The summed E-state index contributed by atoms with van der Waals surface area (Å²) in [5.41, 5.74) is 4.85. The van der Waals surface area contributed by atoms with Crippen LogP contribution in [0.1, 0.15) is 124 Å². The zero-order valence-corrected chi connectivity index (χ0v) is 27.0. The van der Waals surface area contributed by atoms with Crippen molar-refractivity contribution in [3.8, 4) is 0 Å². The van der Waals surface area contributed by atoms with Crippen LogP contribution in [0.2, 0.25) is 0 Å². The Bertz CT molecular complexity index is 1410. The summed E-state index contributed by atoms with van der Waals surface area (Å²) in [5.74, 6) is 0.767. The molecule has 1 aliphatic carbocycles. The molecule has 4 aromatic rings. The predicted molar refractivity (Wildman–Crippen MR) is 173 cm³/mol. The number of aromatic nitrogens is 3. The number of hydrogen-bond donors (Lipinski definition) is 0. The van der Waals surface area contributed by atoms with Gasteiger partial charge in [-0.3, -0.25) is 9.20 Å². The van der Waals surface area contributed by atoms with E-state index in [1.54, 1.807) is 0 Å². The molecule has 0 amide bonds. The third kappa shape index (κ3) is 7.54. The van der Waals surface area contributed by atoms with E-state index in [1.807, 2.05) is 18.2 Å². The molecule has 214 valence electrons. The van der Waals surface area contributed by atoms with Gasteiger partial charge in [-0.05, 0) is 77.4 Å². The van der Waals surface area contributed by atoms with Gasteiger partial charge in [-0.2, -0.15) is 4.98 Å². The number of aryl methyl sites for hydroxylation is 1. The number of unbranched alkanes of at least 4 members (excludes halogenated alkanes) is 3. The van der Waals surface area contributed by atoms with E-state index in [-0.39, 0.29) is 5.56 Å². The van der Waals surface area contributed by atoms with Crippen LogP contribution in [0.3, 0.4) is 0 Å². The third-order valence-corrected chi connectivity index (χ3v) is 8.89. The molecule has 0 saturated heterocycles. The van der Waals surface area contributed by atoms with Crippen molar-refractivity contribution in [2.24, 2.45) is 5.41 Å². The number of rotatable bonds is 7. The van der Waals surface area contributed by atoms with Crippen LogP contribution in [0.4, 0.5) is 0 Å². The van der Waals surface area contributed by atoms with Crippen molar-refractivity contribution in [1.82, 2.24) is 14.0 Å². The predicted octanol–water partition coefficient (Wildman–Crippen LogP) is 10.8. The lowest BCUT2D eigenvalue weighted by Gasteiger charge is -2.20. The quantitative estimate of drug-likeness (QED) is 0.199. The lowest BCUT2D eigenvalue weighted by molar-refractivity contribution is 0.319. The number of halogens is 1. The summed E-state index contributed by atoms with van der Waals surface area (Å²) in [7, 11) is 0. The molecule has 2 heterocycles. The third-order valence-electron chi connectivity index (χ3n) is 8.23. The minimum Gasteiger partial charge on any atom is -0.306 e. The second-order valence-electron chi connectivity index (χ2n) is 12.0. The molecule has 1 aliphatic rings. The molecule has 0 spiro atoms. The van der Waals surface area contributed by atoms with Gasteiger partial charge in [0.15, 0.2) is 0 Å². The Labute approximate surface area is 244 Å². The molecular formula is C34H50BrN3O. The van der Waals surface area contributed by atoms with Crippen LogP contribution in [0.5, 0.6) is 0 Å². The fourth-order valence-corrected chi connectivity index (χ4v) is 6.14. The SMILES string of the molecule is CCCC(C)(C)CC.CCCCCC.Cc1ccc2c(c1)n(C1CCCC1)c1nc(=O)c3c(Br)cccc3n21. The first-order chi connectivity index (χ1) is 18.7. The van der Waals surface area contributed by atoms with Crippen LogP contribution in [0, 0.1) is 12.3 Å². The van der Waals surface area contributed by atoms with Crippen LogP contribution in [-0.2, 0) is 0 Å². The summed E-state index contributed by atoms with van der Waals surface area (Å²) >= 11 is 3.52. The Morgan fingerprint density at radius 2 is 1.59 bits per heavy atom. The molecule has 5 heteroatoms. The van der Waals surface area contributed by atoms with Gasteiger partial charge >= 0.3 is 0 Å². The van der Waals surface area contributed by atoms with E-state index in [0.29, 0.717) is 16.8 Å². The van der Waals surface area contributed by atoms with Gasteiger partial charge in [0.25, 0.3) is 5.56 Å². The van der Waals surface area contributed by atoms with E-state index in [0.717, 1.165) is 34.1 Å². The standard InChI is InChI=1S/C20H18BrN3O.C8H18.C6H14/c1-12-9-10-15-17(11-12)23(13-5-2-3-6-13)20-22-19(25)18-14(21)7-4-8-16(18)24(15)20;1-5-7-8(3,4)6-2;1-3-5-6-4-2/h4,7-11,13H,2-3,5-6H2,1H3;5-7H2,1-4H3;3-6H2,1-2H3. The summed E-state index contributed by atoms with van der Waals surface area (Å²) in [6.07, 6.45) is 14.3. The number of imidazole rings is 1. The molecule has 4 nitrogen and oxygen atoms in total. The summed E-state index contributed by atoms with van der Waals surface area (Å²) < 4.78 is 5.25. The lowest BCUT2D eigenvalue weighted by atomic mass is 9.86. The normalized spacial score (nSPS) is 13.9. The van der Waals surface area contributed by atoms with Gasteiger partial charge in [-0.15, -0.1) is 0 Å². The van der Waals surface area contributed by atoms with Crippen molar-refractivity contribution in [3.63, 3.8) is 0 Å². The van der Waals surface area contributed by atoms with Gasteiger partial charge in [-0.1, -0.05) is 105 Å². The van der Waals surface area contributed by atoms with Crippen LogP contribution < -0.4 is 5.56 Å². The minimum atomic E-state index is -0.166. The first-order valence-corrected chi connectivity index (χ1v) is 16.1. The fourth-order valence-electron chi connectivity index (χ4n) is 5.61. The molecule has 0 radical (unpaired) electrons. The van der Waals surface area contributed by atoms with Gasteiger partial charge in [0.2, 0.25) is 5.78 Å². The van der Waals surface area contributed by atoms with Gasteiger partial charge in [0.05, 0.1) is 21.9 Å². The van der Waals surface area contributed by atoms with Crippen molar-refractivity contribution in [3.05, 3.63) is 56.8 Å². The Kier molecular flexibility index (Phi) is 11.7. The van der Waals surface area contributed by atoms with Crippen molar-refractivity contribution < 1.29 is 0 Å². The Morgan fingerprint density at radius 3 is 2.15 bits per heavy atom. The smallest absolute Gasteiger partial charge is 0.283 e. The van der Waals surface area contributed by atoms with E-state index in [9.17, 15) is 4.79 Å². The molecule has 1 fully saturated rings. The second kappa shape index (κ2) is 14.5. The first-order valence-electron chi connectivity index (χ1n) is 15.3. The van der Waals surface area contributed by atoms with Gasteiger partial charge in [-0.25, -0.2) is 0 Å². The molecule has 2 aromatic heterocycles. The highest BCUT2D eigenvalue weighted by atomic mass is 79.9. The first kappa shape index (κ1) is 31.4. The molecule has 0 aliphatic heterocycles. The molecule has 0 unspecified atom stereocenters. The van der Waals surface area contributed by atoms with Crippen molar-refractivity contribution in [1.29, 1.82) is 0 Å². The van der Waals surface area contributed by atoms with Gasteiger partial charge < -0.3 is 4.57 Å². The van der Waals surface area contributed by atoms with E-state index in [2.05, 4.69) is 96.5 Å². The average Bonchev–Trinajstić information content (AvgIpc) is 3.54. The Hall–Kier alpha value is -2.14. The van der Waals surface area contributed by atoms with E-state index in [4.69, 9.17) is 0 Å². The summed E-state index contributed by atoms with van der Waals surface area (Å²) in [6.45, 7) is 15.7. The Morgan fingerprint density at radius 1 is 0.923 bits per heavy atom. The van der Waals surface area contributed by atoms with Crippen LogP contribution in [0.25, 0.3) is 27.7 Å².